The van der Waals surface area contributed by atoms with E-state index < -0.39 is 5.97 Å². The number of benzene rings is 1. The number of aromatic nitrogens is 1. The zero-order valence-electron chi connectivity index (χ0n) is 23.6. The first-order chi connectivity index (χ1) is 20.0. The van der Waals surface area contributed by atoms with E-state index in [-0.39, 0.29) is 25.0 Å². The molecule has 8 nitrogen and oxygen atoms in total. The Morgan fingerprint density at radius 1 is 1.12 bits per heavy atom. The third-order valence-corrected chi connectivity index (χ3v) is 8.67. The average Bonchev–Trinajstić information content (AvgIpc) is 3.71. The van der Waals surface area contributed by atoms with Crippen LogP contribution in [0.3, 0.4) is 0 Å². The molecule has 41 heavy (non-hydrogen) atoms. The van der Waals surface area contributed by atoms with Crippen LogP contribution in [0, 0.1) is 11.8 Å². The summed E-state index contributed by atoms with van der Waals surface area (Å²) in [6, 6.07) is 9.87. The molecule has 1 N–H and O–H groups in total. The molecule has 2 aliphatic heterocycles. The fourth-order valence-corrected chi connectivity index (χ4v) is 6.51. The Morgan fingerprint density at radius 2 is 1.93 bits per heavy atom. The van der Waals surface area contributed by atoms with Crippen LogP contribution in [0.5, 0.6) is 0 Å². The Balaban J connectivity index is 1.31. The first-order valence-electron chi connectivity index (χ1n) is 14.9. The molecular formula is C32H40ClN3O5. The topological polar surface area (TPSA) is 92.2 Å². The van der Waals surface area contributed by atoms with Gasteiger partial charge in [-0.25, -0.2) is 9.78 Å². The normalized spacial score (nSPS) is 21.5. The number of ether oxygens (including phenoxy) is 2. The summed E-state index contributed by atoms with van der Waals surface area (Å²) in [6.45, 7) is 3.69. The van der Waals surface area contributed by atoms with Gasteiger partial charge >= 0.3 is 5.97 Å². The lowest BCUT2D eigenvalue weighted by Crippen LogP contribution is -2.41. The zero-order valence-corrected chi connectivity index (χ0v) is 24.3. The first-order valence-corrected chi connectivity index (χ1v) is 15.2. The number of amides is 1. The Morgan fingerprint density at radius 3 is 2.66 bits per heavy atom. The molecule has 0 bridgehead atoms. The smallest absolute Gasteiger partial charge is 0.330 e. The van der Waals surface area contributed by atoms with E-state index in [2.05, 4.69) is 17.0 Å². The highest BCUT2D eigenvalue weighted by molar-refractivity contribution is 6.31. The Hall–Kier alpha value is -2.94. The predicted molar refractivity (Wildman–Crippen MR) is 160 cm³/mol. The first kappa shape index (κ1) is 29.5. The summed E-state index contributed by atoms with van der Waals surface area (Å²) in [5.41, 5.74) is 2.71. The van der Waals surface area contributed by atoms with Gasteiger partial charge in [0.15, 0.2) is 0 Å². The van der Waals surface area contributed by atoms with Crippen LogP contribution >= 0.6 is 11.6 Å². The molecule has 9 heteroatoms. The number of halogens is 1. The fraction of sp³-hybridized carbons (Fsp3) is 0.531. The average molecular weight is 582 g/mol. The highest BCUT2D eigenvalue weighted by atomic mass is 35.5. The van der Waals surface area contributed by atoms with E-state index in [0.717, 1.165) is 43.9 Å². The molecule has 0 spiro atoms. The highest BCUT2D eigenvalue weighted by Gasteiger charge is 2.33. The molecule has 2 atom stereocenters. The van der Waals surface area contributed by atoms with E-state index in [1.165, 1.54) is 24.5 Å². The third kappa shape index (κ3) is 7.87. The van der Waals surface area contributed by atoms with Gasteiger partial charge in [-0.1, -0.05) is 17.7 Å². The van der Waals surface area contributed by atoms with Crippen LogP contribution in [0.4, 0.5) is 11.5 Å². The van der Waals surface area contributed by atoms with Crippen LogP contribution < -0.4 is 9.80 Å². The Labute approximate surface area is 247 Å². The van der Waals surface area contributed by atoms with Crippen molar-refractivity contribution in [3.8, 4) is 0 Å². The molecule has 2 aromatic rings. The molecule has 3 heterocycles. The minimum absolute atomic E-state index is 0.0572. The zero-order chi connectivity index (χ0) is 28.6. The summed E-state index contributed by atoms with van der Waals surface area (Å²) in [6.07, 6.45) is 12.0. The minimum Gasteiger partial charge on any atom is -0.460 e. The predicted octanol–water partition coefficient (Wildman–Crippen LogP) is 5.23. The van der Waals surface area contributed by atoms with Gasteiger partial charge < -0.3 is 24.4 Å². The largest absolute Gasteiger partial charge is 0.460 e. The second-order valence-electron chi connectivity index (χ2n) is 11.3. The lowest BCUT2D eigenvalue weighted by molar-refractivity contribution is -0.138. The minimum atomic E-state index is -0.546. The van der Waals surface area contributed by atoms with E-state index >= 15 is 0 Å². The summed E-state index contributed by atoms with van der Waals surface area (Å²) in [4.78, 5) is 34.9. The molecule has 1 aromatic heterocycles. The molecule has 2 saturated heterocycles. The Bertz CT molecular complexity index is 1210. The molecule has 2 unspecified atom stereocenters. The van der Waals surface area contributed by atoms with Gasteiger partial charge in [-0.05, 0) is 98.2 Å². The van der Waals surface area contributed by atoms with Gasteiger partial charge in [0.2, 0.25) is 5.91 Å². The number of nitrogens with zero attached hydrogens (tertiary/aromatic N) is 3. The highest BCUT2D eigenvalue weighted by Crippen LogP contribution is 2.40. The number of carbonyl (C=O) groups is 2. The quantitative estimate of drug-likeness (QED) is 0.303. The fourth-order valence-electron chi connectivity index (χ4n) is 6.27. The second-order valence-corrected chi connectivity index (χ2v) is 11.8. The molecule has 1 aliphatic carbocycles. The van der Waals surface area contributed by atoms with E-state index in [4.69, 9.17) is 31.2 Å². The van der Waals surface area contributed by atoms with Crippen molar-refractivity contribution in [2.45, 2.75) is 50.9 Å². The van der Waals surface area contributed by atoms with Gasteiger partial charge in [0.1, 0.15) is 12.4 Å². The molecule has 3 aliphatic rings. The van der Waals surface area contributed by atoms with Gasteiger partial charge in [-0.3, -0.25) is 4.79 Å². The maximum atomic E-state index is 13.9. The van der Waals surface area contributed by atoms with Crippen molar-refractivity contribution in [2.24, 2.45) is 11.8 Å². The number of esters is 1. The number of anilines is 2. The van der Waals surface area contributed by atoms with Crippen molar-refractivity contribution in [3.63, 3.8) is 0 Å². The van der Waals surface area contributed by atoms with E-state index in [9.17, 15) is 9.59 Å². The summed E-state index contributed by atoms with van der Waals surface area (Å²) in [5, 5.41) is 9.36. The third-order valence-electron chi connectivity index (χ3n) is 8.45. The molecule has 1 amide bonds. The molecule has 0 radical (unpaired) electrons. The van der Waals surface area contributed by atoms with Crippen LogP contribution in [0.25, 0.3) is 6.08 Å². The monoisotopic (exact) mass is 581 g/mol. The summed E-state index contributed by atoms with van der Waals surface area (Å²) in [5.74, 6) is 1.33. The SMILES string of the molecule is O=C(/C=C/c1cc(Cl)cc(N(CC2CCC(c3ccc(N4CCCC4)nc3)C2)C(=O)C2CCOCC2)c1)OCCO. The van der Waals surface area contributed by atoms with Crippen LogP contribution in [0.15, 0.2) is 42.6 Å². The number of rotatable bonds is 10. The van der Waals surface area contributed by atoms with Gasteiger partial charge in [-0.2, -0.15) is 0 Å². The van der Waals surface area contributed by atoms with Crippen molar-refractivity contribution >= 4 is 41.1 Å². The second kappa shape index (κ2) is 14.3. The van der Waals surface area contributed by atoms with Crippen LogP contribution in [-0.4, -0.2) is 68.0 Å². The number of hydrogen-bond acceptors (Lipinski definition) is 7. The number of aliphatic hydroxyl groups is 1. The molecule has 220 valence electrons. The van der Waals surface area contributed by atoms with Crippen LogP contribution in [-0.2, 0) is 19.1 Å². The van der Waals surface area contributed by atoms with Gasteiger partial charge in [0, 0.05) is 61.7 Å². The number of pyridine rings is 1. The van der Waals surface area contributed by atoms with Crippen molar-refractivity contribution in [1.29, 1.82) is 0 Å². The molecular weight excluding hydrogens is 542 g/mol. The summed E-state index contributed by atoms with van der Waals surface area (Å²) < 4.78 is 10.4. The summed E-state index contributed by atoms with van der Waals surface area (Å²) >= 11 is 6.51. The van der Waals surface area contributed by atoms with E-state index in [1.807, 2.05) is 23.2 Å². The molecule has 1 aromatic carbocycles. The van der Waals surface area contributed by atoms with Crippen molar-refractivity contribution in [2.75, 3.05) is 55.9 Å². The number of hydrogen-bond donors (Lipinski definition) is 1. The molecule has 3 fully saturated rings. The standard InChI is InChI=1S/C32H40ClN3O5/c33-28-18-23(4-8-31(38)41-16-13-37)19-29(20-28)36(32(39)25-9-14-40-15-10-25)22-24-3-5-26(17-24)27-6-7-30(34-21-27)35-11-1-2-12-35/h4,6-8,18-21,24-26,37H,1-3,5,9-17,22H2/b8-4+. The van der Waals surface area contributed by atoms with Gasteiger partial charge in [0.05, 0.1) is 6.61 Å². The van der Waals surface area contributed by atoms with Gasteiger partial charge in [-0.15, -0.1) is 0 Å². The Kier molecular flexibility index (Phi) is 10.3. The maximum absolute atomic E-state index is 13.9. The lowest BCUT2D eigenvalue weighted by Gasteiger charge is -2.31. The number of carbonyl (C=O) groups excluding carboxylic acids is 2. The number of aliphatic hydroxyl groups excluding tert-OH is 1. The van der Waals surface area contributed by atoms with Crippen LogP contribution in [0.2, 0.25) is 5.02 Å². The van der Waals surface area contributed by atoms with E-state index in [1.54, 1.807) is 12.1 Å². The maximum Gasteiger partial charge on any atom is 0.330 e. The summed E-state index contributed by atoms with van der Waals surface area (Å²) in [7, 11) is 0. The van der Waals surface area contributed by atoms with E-state index in [0.29, 0.717) is 55.0 Å². The van der Waals surface area contributed by atoms with Crippen molar-refractivity contribution < 1.29 is 24.2 Å². The van der Waals surface area contributed by atoms with Crippen molar-refractivity contribution in [1.82, 2.24) is 4.98 Å². The van der Waals surface area contributed by atoms with Crippen LogP contribution in [0.1, 0.15) is 62.0 Å². The van der Waals surface area contributed by atoms with Crippen molar-refractivity contribution in [3.05, 3.63) is 58.8 Å². The molecule has 1 saturated carbocycles. The molecule has 5 rings (SSSR count). The van der Waals surface area contributed by atoms with Gasteiger partial charge in [0.25, 0.3) is 0 Å². The lowest BCUT2D eigenvalue weighted by atomic mass is 9.95.